The van der Waals surface area contributed by atoms with E-state index in [0.29, 0.717) is 55.1 Å². The maximum Gasteiger partial charge on any atom is 0.410 e. The number of aromatic nitrogens is 7. The van der Waals surface area contributed by atoms with Crippen molar-refractivity contribution < 1.29 is 43.2 Å². The number of nitrogens with zero attached hydrogens (tertiary/aromatic N) is 11. The molecule has 0 aliphatic carbocycles. The summed E-state index contributed by atoms with van der Waals surface area (Å²) in [6.07, 6.45) is 22.6. The number of carboxylic acid groups (broad SMARTS) is 1. The maximum atomic E-state index is 12.4. The Labute approximate surface area is 608 Å². The Bertz CT molecular complexity index is 4440. The van der Waals surface area contributed by atoms with E-state index in [2.05, 4.69) is 111 Å². The number of likely N-dealkylation sites (tertiary alicyclic amines) is 1. The van der Waals surface area contributed by atoms with Gasteiger partial charge < -0.3 is 54.2 Å². The van der Waals surface area contributed by atoms with E-state index in [0.717, 1.165) is 124 Å². The number of fused-ring (bicyclic) bond motifs is 3. The number of benzene rings is 3. The number of pyridine rings is 3. The molecule has 0 unspecified atom stereocenters. The quantitative estimate of drug-likeness (QED) is 0.0944. The summed E-state index contributed by atoms with van der Waals surface area (Å²) in [5.74, 6) is 2.56. The van der Waals surface area contributed by atoms with Crippen molar-refractivity contribution in [3.05, 3.63) is 253 Å². The average Bonchev–Trinajstić information content (AvgIpc) is 0.774. The standard InChI is InChI=1S/C24H25N3O3.C19H17N3O.C19H18N2O3.C9H12BrN3O.C5H2BrClN2O/c1-23(2,3)30-22(28)27-13-11-24(12-14-27)15-19(17-9-10-21(25-4)26-16-17)18-7-5-6-8-20(18)29-24;1-20-18-7-6-14(13-22-18)16-12-19(8-10-21-11-9-19)23-17-5-3-2-4-15(16)17;22-18(23)16-6-5-13(12-21-16)15-11-19(7-9-20-10-8-19)24-17-4-2-1-3-14(15)17;1-3-13(4-2)9(14)8-11-5-7(10)6-12-8;6-3-1-8-5(4(7)10)9-2-3/h5-10,15-16H,11-14H2,1-3H3;2-7,12-13,21H,8-11H2;1-6,11-12,20H,7-10H2,(H,22,23);5-6H,3-4H2,1-2H3;1-2H. The molecule has 6 aliphatic rings. The molecular weight excluding hydrogens is 1430 g/mol. The van der Waals surface area contributed by atoms with Gasteiger partial charge in [0.2, 0.25) is 11.6 Å². The first kappa shape index (κ1) is 73.6. The minimum atomic E-state index is -1.02. The number of halogens is 3. The third-order valence-electron chi connectivity index (χ3n) is 17.2. The van der Waals surface area contributed by atoms with Crippen LogP contribution < -0.4 is 24.8 Å². The van der Waals surface area contributed by atoms with E-state index in [1.54, 1.807) is 59.0 Å². The van der Waals surface area contributed by atoms with Crippen molar-refractivity contribution in [2.24, 2.45) is 0 Å². The molecule has 22 nitrogen and oxygen atoms in total. The van der Waals surface area contributed by atoms with E-state index in [1.165, 1.54) is 12.4 Å². The minimum absolute atomic E-state index is 0.0184. The third-order valence-corrected chi connectivity index (χ3v) is 18.1. The second kappa shape index (κ2) is 33.4. The van der Waals surface area contributed by atoms with Gasteiger partial charge in [-0.1, -0.05) is 85.9 Å². The van der Waals surface area contributed by atoms with Crippen molar-refractivity contribution >= 4 is 95.0 Å². The highest BCUT2D eigenvalue weighted by atomic mass is 79.9. The Kier molecular flexibility index (Phi) is 24.3. The number of ether oxygens (including phenoxy) is 4. The van der Waals surface area contributed by atoms with Crippen LogP contribution in [0, 0.1) is 13.1 Å². The van der Waals surface area contributed by atoms with E-state index in [9.17, 15) is 19.2 Å². The second-order valence-electron chi connectivity index (χ2n) is 25.1. The van der Waals surface area contributed by atoms with Gasteiger partial charge in [-0.05, 0) is 176 Å². The van der Waals surface area contributed by atoms with Crippen LogP contribution in [0.25, 0.3) is 26.4 Å². The van der Waals surface area contributed by atoms with Crippen LogP contribution in [0.15, 0.2) is 180 Å². The fourth-order valence-electron chi connectivity index (χ4n) is 12.0. The van der Waals surface area contributed by atoms with Crippen LogP contribution in [0.4, 0.5) is 16.4 Å². The van der Waals surface area contributed by atoms with Crippen LogP contribution in [0.2, 0.25) is 0 Å². The number of carbonyl (C=O) groups is 4. The van der Waals surface area contributed by atoms with Gasteiger partial charge in [0.1, 0.15) is 57.7 Å². The van der Waals surface area contributed by atoms with Crippen molar-refractivity contribution in [2.45, 2.75) is 95.5 Å². The molecule has 8 aromatic rings. The summed E-state index contributed by atoms with van der Waals surface area (Å²) in [6.45, 7) is 29.9. The summed E-state index contributed by atoms with van der Waals surface area (Å²) in [5.41, 5.74) is 7.78. The van der Waals surface area contributed by atoms with Crippen molar-refractivity contribution in [3.8, 4) is 17.2 Å². The molecule has 25 heteroatoms. The molecule has 3 N–H and O–H groups in total. The molecule has 0 atom stereocenters. The minimum Gasteiger partial charge on any atom is -0.482 e. The molecule has 0 radical (unpaired) electrons. The van der Waals surface area contributed by atoms with Gasteiger partial charge in [0.05, 0.1) is 8.95 Å². The lowest BCUT2D eigenvalue weighted by atomic mass is 9.83. The van der Waals surface area contributed by atoms with E-state index in [1.807, 2.05) is 120 Å². The highest BCUT2D eigenvalue weighted by Gasteiger charge is 2.42. The van der Waals surface area contributed by atoms with E-state index >= 15 is 0 Å². The molecular formula is C76H74Br2ClN13O9. The predicted molar refractivity (Wildman–Crippen MR) is 391 cm³/mol. The van der Waals surface area contributed by atoms with Crippen LogP contribution in [0.5, 0.6) is 17.2 Å². The fourth-order valence-corrected chi connectivity index (χ4v) is 12.6. The van der Waals surface area contributed by atoms with Crippen molar-refractivity contribution in [1.82, 2.24) is 55.3 Å². The number of hydrogen-bond donors (Lipinski definition) is 3. The molecule has 0 saturated carbocycles. The SMILES string of the molecule is CCN(CC)C(=O)c1ncc(Br)cn1.O=C(Cl)c1ncc(Br)cn1.O=C(O)c1ccc(C2=CC3(CCNCC3)Oc3ccccc32)cn1.[C-]#[N+]c1ccc(C2=CC3(CCN(C(=O)OC(C)(C)C)CC3)Oc3ccccc32)cn1.[C-]#[N+]c1ccc(C2=CC3(CCNCC3)Oc3ccccc32)cn1. The van der Waals surface area contributed by atoms with Crippen LogP contribution in [0.3, 0.4) is 0 Å². The number of nitrogens with one attached hydrogen (secondary N) is 2. The molecule has 2 amide bonds. The summed E-state index contributed by atoms with van der Waals surface area (Å²) >= 11 is 11.4. The lowest BCUT2D eigenvalue weighted by Crippen LogP contribution is -2.50. The smallest absolute Gasteiger partial charge is 0.410 e. The number of amides is 2. The average molecular weight is 1510 g/mol. The number of hydrogen-bond acceptors (Lipinski definition) is 17. The first-order valence-electron chi connectivity index (χ1n) is 32.9. The van der Waals surface area contributed by atoms with Gasteiger partial charge in [-0.25, -0.2) is 34.5 Å². The zero-order valence-electron chi connectivity index (χ0n) is 56.3. The van der Waals surface area contributed by atoms with Crippen molar-refractivity contribution in [3.63, 3.8) is 0 Å². The van der Waals surface area contributed by atoms with E-state index in [4.69, 9.17) is 48.8 Å². The largest absolute Gasteiger partial charge is 0.482 e. The summed E-state index contributed by atoms with van der Waals surface area (Å²) in [5, 5.41) is 15.2. The number of carboxylic acids is 1. The number of carbonyl (C=O) groups excluding carboxylic acids is 3. The van der Waals surface area contributed by atoms with Gasteiger partial charge in [0.25, 0.3) is 22.8 Å². The molecule has 11 heterocycles. The van der Waals surface area contributed by atoms with Gasteiger partial charge in [-0.3, -0.25) is 9.59 Å². The van der Waals surface area contributed by atoms with Gasteiger partial charge >= 0.3 is 12.1 Å². The monoisotopic (exact) mass is 1510 g/mol. The Balaban J connectivity index is 0.000000142. The molecule has 3 fully saturated rings. The highest BCUT2D eigenvalue weighted by Crippen LogP contribution is 2.46. The summed E-state index contributed by atoms with van der Waals surface area (Å²) < 4.78 is 26.2. The summed E-state index contributed by atoms with van der Waals surface area (Å²) in [4.78, 5) is 83.4. The molecule has 101 heavy (non-hydrogen) atoms. The second-order valence-corrected chi connectivity index (χ2v) is 27.3. The zero-order valence-corrected chi connectivity index (χ0v) is 60.3. The Morgan fingerprint density at radius 1 is 0.554 bits per heavy atom. The topological polar surface area (TPSA) is 255 Å². The first-order chi connectivity index (χ1) is 48.6. The molecule has 3 spiro atoms. The lowest BCUT2D eigenvalue weighted by molar-refractivity contribution is -0.00121. The van der Waals surface area contributed by atoms with Crippen molar-refractivity contribution in [1.29, 1.82) is 0 Å². The molecule has 6 aliphatic heterocycles. The van der Waals surface area contributed by atoms with E-state index in [-0.39, 0.29) is 40.5 Å². The fraction of sp³-hybridized carbons (Fsp3) is 0.303. The molecule has 3 saturated heterocycles. The molecule has 14 rings (SSSR count). The first-order valence-corrected chi connectivity index (χ1v) is 34.8. The van der Waals surface area contributed by atoms with E-state index < -0.39 is 22.4 Å². The Hall–Kier alpha value is -10.1. The van der Waals surface area contributed by atoms with Crippen LogP contribution in [0.1, 0.15) is 138 Å². The Morgan fingerprint density at radius 2 is 0.931 bits per heavy atom. The summed E-state index contributed by atoms with van der Waals surface area (Å²) in [6, 6.07) is 34.9. The lowest BCUT2D eigenvalue weighted by Gasteiger charge is -2.43. The highest BCUT2D eigenvalue weighted by molar-refractivity contribution is 9.10. The van der Waals surface area contributed by atoms with Crippen LogP contribution >= 0.6 is 43.5 Å². The number of aromatic carboxylic acids is 1. The normalized spacial score (nSPS) is 16.1. The number of piperidine rings is 3. The third kappa shape index (κ3) is 18.9. The molecule has 3 aromatic carbocycles. The zero-order chi connectivity index (χ0) is 71.7. The molecule has 518 valence electrons. The van der Waals surface area contributed by atoms with Crippen LogP contribution in [-0.2, 0) is 4.74 Å². The van der Waals surface area contributed by atoms with Gasteiger partial charge in [0, 0.05) is 129 Å². The van der Waals surface area contributed by atoms with Crippen molar-refractivity contribution in [2.75, 3.05) is 52.4 Å². The summed E-state index contributed by atoms with van der Waals surface area (Å²) in [7, 11) is 0. The van der Waals surface area contributed by atoms with Gasteiger partial charge in [-0.2, -0.15) is 0 Å². The van der Waals surface area contributed by atoms with Gasteiger partial charge in [-0.15, -0.1) is 9.97 Å². The van der Waals surface area contributed by atoms with Gasteiger partial charge in [0.15, 0.2) is 0 Å². The molecule has 0 bridgehead atoms. The predicted octanol–water partition coefficient (Wildman–Crippen LogP) is 14.9. The Morgan fingerprint density at radius 3 is 1.27 bits per heavy atom. The number of para-hydroxylation sites is 3. The maximum absolute atomic E-state index is 12.4. The molecule has 5 aromatic heterocycles. The number of rotatable bonds is 8. The van der Waals surface area contributed by atoms with Crippen LogP contribution in [-0.4, -0.2) is 148 Å².